The van der Waals surface area contributed by atoms with Crippen LogP contribution in [0.3, 0.4) is 0 Å². The number of amides is 1. The van der Waals surface area contributed by atoms with Crippen molar-refractivity contribution in [3.63, 3.8) is 0 Å². The molecule has 7 nitrogen and oxygen atoms in total. The van der Waals surface area contributed by atoms with Crippen LogP contribution in [0.1, 0.15) is 72.9 Å². The highest BCUT2D eigenvalue weighted by molar-refractivity contribution is 5.97. The zero-order valence-electron chi connectivity index (χ0n) is 21.8. The van der Waals surface area contributed by atoms with Gasteiger partial charge in [0.15, 0.2) is 11.5 Å². The Hall–Kier alpha value is -3.43. The highest BCUT2D eigenvalue weighted by atomic mass is 19.4. The molecule has 2 aliphatic carbocycles. The lowest BCUT2D eigenvalue weighted by Gasteiger charge is -2.36. The maximum atomic E-state index is 13.6. The molecule has 1 amide bonds. The van der Waals surface area contributed by atoms with Gasteiger partial charge in [-0.3, -0.25) is 4.79 Å². The Morgan fingerprint density at radius 1 is 0.872 bits per heavy atom. The average molecular weight is 548 g/mol. The topological polar surface area (TPSA) is 74.3 Å². The van der Waals surface area contributed by atoms with Crippen molar-refractivity contribution in [3.8, 4) is 17.2 Å². The van der Waals surface area contributed by atoms with Crippen LogP contribution >= 0.6 is 0 Å². The van der Waals surface area contributed by atoms with Crippen molar-refractivity contribution in [2.75, 3.05) is 7.11 Å². The fourth-order valence-corrected chi connectivity index (χ4v) is 5.67. The number of methoxy groups -OCH3 is 1. The van der Waals surface area contributed by atoms with E-state index in [2.05, 4.69) is 4.74 Å². The third kappa shape index (κ3) is 6.42. The van der Waals surface area contributed by atoms with Crippen molar-refractivity contribution in [2.45, 2.75) is 88.9 Å². The van der Waals surface area contributed by atoms with E-state index in [0.29, 0.717) is 11.5 Å². The van der Waals surface area contributed by atoms with Crippen LogP contribution in [0, 0.1) is 0 Å². The molecule has 0 radical (unpaired) electrons. The van der Waals surface area contributed by atoms with Crippen molar-refractivity contribution in [2.24, 2.45) is 0 Å². The lowest BCUT2D eigenvalue weighted by molar-refractivity contribution is -0.274. The summed E-state index contributed by atoms with van der Waals surface area (Å²) in [6.07, 6.45) is 3.02. The van der Waals surface area contributed by atoms with Crippen molar-refractivity contribution >= 4 is 11.9 Å². The quantitative estimate of drug-likeness (QED) is 0.398. The van der Waals surface area contributed by atoms with Gasteiger partial charge in [-0.05, 0) is 98.9 Å². The Morgan fingerprint density at radius 3 is 2.10 bits per heavy atom. The molecule has 0 spiro atoms. The van der Waals surface area contributed by atoms with Crippen molar-refractivity contribution in [1.82, 2.24) is 4.90 Å². The Morgan fingerprint density at radius 2 is 1.49 bits per heavy atom. The number of hydrogen-bond acceptors (Lipinski definition) is 6. The van der Waals surface area contributed by atoms with Crippen molar-refractivity contribution < 1.29 is 41.7 Å². The van der Waals surface area contributed by atoms with Gasteiger partial charge in [0.25, 0.3) is 5.91 Å². The second-order valence-electron chi connectivity index (χ2n) is 10.4. The molecule has 2 aromatic rings. The summed E-state index contributed by atoms with van der Waals surface area (Å²) in [5.74, 6) is -0.231. The minimum absolute atomic E-state index is 0.102. The average Bonchev–Trinajstić information content (AvgIpc) is 3.61. The molecule has 1 atom stereocenters. The Balaban J connectivity index is 1.43. The van der Waals surface area contributed by atoms with Crippen molar-refractivity contribution in [1.29, 1.82) is 0 Å². The molecule has 1 aliphatic heterocycles. The molecule has 210 valence electrons. The number of ether oxygens (including phenoxy) is 4. The molecule has 2 saturated carbocycles. The standard InChI is InChI=1S/C29H32F3NO6/c1-36-25-15-19-14-24(28(35)38-22-8-4-5-9-22)33(17-20(19)16-26(25)37-21-6-2-3-7-21)27(34)18-10-12-23(13-11-18)39-29(30,31)32/h10-13,15-16,21-22,24H,2-9,14,17H2,1H3. The van der Waals surface area contributed by atoms with Crippen LogP contribution in [-0.4, -0.2) is 48.5 Å². The molecule has 0 saturated heterocycles. The van der Waals surface area contributed by atoms with E-state index < -0.39 is 30.0 Å². The number of hydrogen-bond donors (Lipinski definition) is 0. The summed E-state index contributed by atoms with van der Waals surface area (Å²) in [7, 11) is 1.57. The number of esters is 1. The first-order valence-electron chi connectivity index (χ1n) is 13.4. The fraction of sp³-hybridized carbons (Fsp3) is 0.517. The second kappa shape index (κ2) is 11.4. The fourth-order valence-electron chi connectivity index (χ4n) is 5.67. The van der Waals surface area contributed by atoms with Gasteiger partial charge < -0.3 is 23.8 Å². The number of halogens is 3. The number of carbonyl (C=O) groups is 2. The van der Waals surface area contributed by atoms with E-state index in [4.69, 9.17) is 14.2 Å². The third-order valence-electron chi connectivity index (χ3n) is 7.66. The molecule has 5 rings (SSSR count). The first-order valence-corrected chi connectivity index (χ1v) is 13.4. The summed E-state index contributed by atoms with van der Waals surface area (Å²) in [6, 6.07) is 7.54. The molecule has 2 fully saturated rings. The summed E-state index contributed by atoms with van der Waals surface area (Å²) < 4.78 is 59.3. The number of rotatable bonds is 7. The van der Waals surface area contributed by atoms with E-state index in [1.54, 1.807) is 7.11 Å². The number of nitrogens with zero attached hydrogens (tertiary/aromatic N) is 1. The molecule has 3 aliphatic rings. The Labute approximate surface area is 225 Å². The van der Waals surface area contributed by atoms with E-state index in [9.17, 15) is 22.8 Å². The van der Waals surface area contributed by atoms with Gasteiger partial charge in [0.1, 0.15) is 17.9 Å². The van der Waals surface area contributed by atoms with Gasteiger partial charge in [0.2, 0.25) is 0 Å². The van der Waals surface area contributed by atoms with Crippen molar-refractivity contribution in [3.05, 3.63) is 53.1 Å². The largest absolute Gasteiger partial charge is 0.573 e. The maximum Gasteiger partial charge on any atom is 0.573 e. The van der Waals surface area contributed by atoms with Crippen LogP contribution in [0.15, 0.2) is 36.4 Å². The Kier molecular flexibility index (Phi) is 7.91. The van der Waals surface area contributed by atoms with Gasteiger partial charge in [-0.1, -0.05) is 0 Å². The lowest BCUT2D eigenvalue weighted by Crippen LogP contribution is -2.50. The normalized spacial score (nSPS) is 20.0. The lowest BCUT2D eigenvalue weighted by atomic mass is 9.92. The minimum atomic E-state index is -4.84. The summed E-state index contributed by atoms with van der Waals surface area (Å²) in [4.78, 5) is 28.4. The summed E-state index contributed by atoms with van der Waals surface area (Å²) in [5, 5.41) is 0. The molecule has 0 bridgehead atoms. The molecular weight excluding hydrogens is 515 g/mol. The molecule has 10 heteroatoms. The first-order chi connectivity index (χ1) is 18.7. The van der Waals surface area contributed by atoms with E-state index in [1.807, 2.05) is 12.1 Å². The second-order valence-corrected chi connectivity index (χ2v) is 10.4. The van der Waals surface area contributed by atoms with E-state index in [0.717, 1.165) is 74.6 Å². The van der Waals surface area contributed by atoms with Gasteiger partial charge in [0.05, 0.1) is 13.2 Å². The predicted molar refractivity (Wildman–Crippen MR) is 135 cm³/mol. The number of carbonyl (C=O) groups excluding carboxylic acids is 2. The van der Waals surface area contributed by atoms with Gasteiger partial charge in [-0.2, -0.15) is 0 Å². The molecule has 1 unspecified atom stereocenters. The number of fused-ring (bicyclic) bond motifs is 1. The van der Waals surface area contributed by atoms with Crippen LogP contribution < -0.4 is 14.2 Å². The van der Waals surface area contributed by atoms with Gasteiger partial charge >= 0.3 is 12.3 Å². The van der Waals surface area contributed by atoms with Crippen LogP contribution in [0.4, 0.5) is 13.2 Å². The van der Waals surface area contributed by atoms with Gasteiger partial charge in [-0.25, -0.2) is 4.79 Å². The molecule has 39 heavy (non-hydrogen) atoms. The minimum Gasteiger partial charge on any atom is -0.493 e. The summed E-state index contributed by atoms with van der Waals surface area (Å²) >= 11 is 0. The third-order valence-corrected chi connectivity index (χ3v) is 7.66. The zero-order valence-corrected chi connectivity index (χ0v) is 21.8. The summed E-state index contributed by atoms with van der Waals surface area (Å²) in [5.41, 5.74) is 1.82. The highest BCUT2D eigenvalue weighted by Crippen LogP contribution is 2.38. The molecule has 0 aromatic heterocycles. The highest BCUT2D eigenvalue weighted by Gasteiger charge is 2.38. The smallest absolute Gasteiger partial charge is 0.493 e. The van der Waals surface area contributed by atoms with Crippen LogP contribution in [0.25, 0.3) is 0 Å². The Bertz CT molecular complexity index is 1190. The number of benzene rings is 2. The van der Waals surface area contributed by atoms with E-state index in [1.165, 1.54) is 17.0 Å². The van der Waals surface area contributed by atoms with Gasteiger partial charge in [0, 0.05) is 18.5 Å². The first kappa shape index (κ1) is 27.1. The molecule has 2 aromatic carbocycles. The number of alkyl halides is 3. The maximum absolute atomic E-state index is 13.6. The molecule has 1 heterocycles. The van der Waals surface area contributed by atoms with Gasteiger partial charge in [-0.15, -0.1) is 13.2 Å². The molecular formula is C29H32F3NO6. The van der Waals surface area contributed by atoms with Crippen LogP contribution in [0.2, 0.25) is 0 Å². The zero-order chi connectivity index (χ0) is 27.6. The SMILES string of the molecule is COc1cc2c(cc1OC1CCCC1)CN(C(=O)c1ccc(OC(F)(F)F)cc1)C(C(=O)OC1CCCC1)C2. The van der Waals surface area contributed by atoms with E-state index in [-0.39, 0.29) is 30.7 Å². The van der Waals surface area contributed by atoms with Crippen LogP contribution in [0.5, 0.6) is 17.2 Å². The van der Waals surface area contributed by atoms with Crippen LogP contribution in [-0.2, 0) is 22.5 Å². The summed E-state index contributed by atoms with van der Waals surface area (Å²) in [6.45, 7) is 0.115. The monoisotopic (exact) mass is 547 g/mol. The van der Waals surface area contributed by atoms with E-state index >= 15 is 0 Å². The predicted octanol–water partition coefficient (Wildman–Crippen LogP) is 5.97. The molecule has 0 N–H and O–H groups in total.